The first kappa shape index (κ1) is 33.1. The summed E-state index contributed by atoms with van der Waals surface area (Å²) in [5, 5.41) is 7.12. The molecule has 0 saturated heterocycles. The molecule has 3 aromatic carbocycles. The van der Waals surface area contributed by atoms with Gasteiger partial charge >= 0.3 is 0 Å². The third-order valence-corrected chi connectivity index (χ3v) is 6.53. The lowest BCUT2D eigenvalue weighted by Crippen LogP contribution is -2.08. The van der Waals surface area contributed by atoms with Crippen LogP contribution in [0.3, 0.4) is 0 Å². The van der Waals surface area contributed by atoms with Crippen molar-refractivity contribution in [1.29, 1.82) is 0 Å². The minimum absolute atomic E-state index is 0.0209. The second-order valence-corrected chi connectivity index (χ2v) is 11.3. The Hall–Kier alpha value is -2.96. The highest BCUT2D eigenvalue weighted by atomic mass is 32.2. The van der Waals surface area contributed by atoms with Gasteiger partial charge in [-0.15, -0.1) is 11.8 Å². The summed E-state index contributed by atoms with van der Waals surface area (Å²) in [5.74, 6) is 1.06. The van der Waals surface area contributed by atoms with E-state index in [1.807, 2.05) is 39.0 Å². The fraction of sp³-hybridized carbons (Fsp3) is 0.344. The van der Waals surface area contributed by atoms with E-state index in [1.54, 1.807) is 11.8 Å². The monoisotopic (exact) mass is 549 g/mol. The van der Waals surface area contributed by atoms with Crippen molar-refractivity contribution in [3.8, 4) is 0 Å². The van der Waals surface area contributed by atoms with Gasteiger partial charge in [0, 0.05) is 18.3 Å². The number of nitrogens with zero attached hydrogens (tertiary/aromatic N) is 1. The van der Waals surface area contributed by atoms with Gasteiger partial charge in [0.1, 0.15) is 0 Å². The third-order valence-electron chi connectivity index (χ3n) is 5.63. The lowest BCUT2D eigenvalue weighted by molar-refractivity contribution is -0.114. The molecule has 0 bridgehead atoms. The number of aryl methyl sites for hydroxylation is 6. The quantitative estimate of drug-likeness (QED) is 0.193. The number of thiocarbonyl (C=S) groups is 1. The van der Waals surface area contributed by atoms with Gasteiger partial charge in [0.2, 0.25) is 5.91 Å². The summed E-state index contributed by atoms with van der Waals surface area (Å²) in [6, 6.07) is 18.4. The van der Waals surface area contributed by atoms with Crippen LogP contribution in [0, 0.1) is 41.5 Å². The predicted octanol–water partition coefficient (Wildman–Crippen LogP) is 9.43. The summed E-state index contributed by atoms with van der Waals surface area (Å²) in [7, 11) is 0. The zero-order chi connectivity index (χ0) is 28.8. The van der Waals surface area contributed by atoms with Crippen LogP contribution in [0.1, 0.15) is 61.1 Å². The number of amides is 1. The Morgan fingerprint density at radius 1 is 0.711 bits per heavy atom. The number of hydrogen-bond acceptors (Lipinski definition) is 4. The van der Waals surface area contributed by atoms with Crippen LogP contribution in [0.4, 0.5) is 17.1 Å². The first-order chi connectivity index (χ1) is 17.9. The zero-order valence-corrected chi connectivity index (χ0v) is 26.2. The average molecular weight is 550 g/mol. The molecule has 0 radical (unpaired) electrons. The van der Waals surface area contributed by atoms with Gasteiger partial charge in [0.15, 0.2) is 0 Å². The summed E-state index contributed by atoms with van der Waals surface area (Å²) in [6.07, 6.45) is 0. The largest absolute Gasteiger partial charge is 0.350 e. The molecule has 0 fully saturated rings. The molecule has 0 spiro atoms. The van der Waals surface area contributed by atoms with Crippen molar-refractivity contribution >= 4 is 57.0 Å². The Morgan fingerprint density at radius 3 is 1.42 bits per heavy atom. The van der Waals surface area contributed by atoms with Crippen molar-refractivity contribution in [2.75, 3.05) is 16.4 Å². The molecule has 0 aliphatic rings. The molecule has 0 aromatic heterocycles. The summed E-state index contributed by atoms with van der Waals surface area (Å²) >= 11 is 6.78. The molecule has 0 heterocycles. The molecule has 204 valence electrons. The normalized spacial score (nSPS) is 10.4. The number of benzene rings is 3. The third kappa shape index (κ3) is 11.6. The van der Waals surface area contributed by atoms with E-state index in [9.17, 15) is 4.79 Å². The average Bonchev–Trinajstić information content (AvgIpc) is 2.82. The minimum atomic E-state index is -0.0209. The Morgan fingerprint density at radius 2 is 1.08 bits per heavy atom. The molecule has 3 rings (SSSR count). The Bertz CT molecular complexity index is 1140. The molecule has 2 N–H and O–H groups in total. The van der Waals surface area contributed by atoms with Gasteiger partial charge < -0.3 is 10.6 Å². The molecule has 0 saturated carbocycles. The Labute approximate surface area is 239 Å². The number of carbonyl (C=O) groups is 1. The van der Waals surface area contributed by atoms with Gasteiger partial charge in [-0.25, -0.2) is 4.99 Å². The number of nitrogens with one attached hydrogen (secondary N) is 2. The van der Waals surface area contributed by atoms with Crippen LogP contribution in [0.25, 0.3) is 0 Å². The van der Waals surface area contributed by atoms with E-state index < -0.39 is 0 Å². The summed E-state index contributed by atoms with van der Waals surface area (Å²) in [5.41, 5.74) is 10.4. The van der Waals surface area contributed by atoms with Gasteiger partial charge in [0.05, 0.1) is 15.7 Å². The van der Waals surface area contributed by atoms with Gasteiger partial charge in [-0.2, -0.15) is 0 Å². The molecular weight excluding hydrogens is 507 g/mol. The highest BCUT2D eigenvalue weighted by molar-refractivity contribution is 8.13. The van der Waals surface area contributed by atoms with Crippen LogP contribution < -0.4 is 10.6 Å². The van der Waals surface area contributed by atoms with Crippen LogP contribution in [0.5, 0.6) is 0 Å². The molecule has 3 aromatic rings. The van der Waals surface area contributed by atoms with E-state index in [0.717, 1.165) is 44.0 Å². The van der Waals surface area contributed by atoms with E-state index in [4.69, 9.17) is 12.2 Å². The standard InChI is InChI=1S/C12H17NS.C10H13NO.C10H13NS/c1-5-14-11(4)13-12-9(2)7-6-8-10(12)3;2*1-7-5-4-6-8(2)10(7)11-9(3)12/h6-8H,5H2,1-4H3;2*4-6H,1-3H3,(H,11,12). The summed E-state index contributed by atoms with van der Waals surface area (Å²) in [4.78, 5) is 16.2. The maximum atomic E-state index is 10.8. The number of para-hydroxylation sites is 3. The van der Waals surface area contributed by atoms with Crippen molar-refractivity contribution in [2.45, 2.75) is 69.2 Å². The fourth-order valence-corrected chi connectivity index (χ4v) is 4.43. The molecule has 0 aliphatic heterocycles. The highest BCUT2D eigenvalue weighted by Gasteiger charge is 2.03. The van der Waals surface area contributed by atoms with Crippen molar-refractivity contribution < 1.29 is 4.79 Å². The highest BCUT2D eigenvalue weighted by Crippen LogP contribution is 2.24. The first-order valence-corrected chi connectivity index (χ1v) is 14.2. The van der Waals surface area contributed by atoms with E-state index in [0.29, 0.717) is 0 Å². The van der Waals surface area contributed by atoms with Crippen LogP contribution in [0.2, 0.25) is 0 Å². The van der Waals surface area contributed by atoms with Crippen LogP contribution in [-0.4, -0.2) is 21.7 Å². The van der Waals surface area contributed by atoms with Gasteiger partial charge in [-0.05, 0) is 94.5 Å². The Kier molecular flexibility index (Phi) is 14.6. The van der Waals surface area contributed by atoms with Crippen molar-refractivity contribution in [2.24, 2.45) is 4.99 Å². The number of hydrogen-bond donors (Lipinski definition) is 2. The van der Waals surface area contributed by atoms with E-state index in [-0.39, 0.29) is 5.91 Å². The van der Waals surface area contributed by atoms with Crippen molar-refractivity contribution in [1.82, 2.24) is 0 Å². The molecule has 0 unspecified atom stereocenters. The lowest BCUT2D eigenvalue weighted by Gasteiger charge is -2.10. The van der Waals surface area contributed by atoms with Gasteiger partial charge in [-0.1, -0.05) is 73.7 Å². The Balaban J connectivity index is 0.000000286. The van der Waals surface area contributed by atoms with Crippen molar-refractivity contribution in [3.05, 3.63) is 88.0 Å². The number of aliphatic imine (C=N–C) groups is 1. The molecule has 6 heteroatoms. The van der Waals surface area contributed by atoms with Crippen LogP contribution in [-0.2, 0) is 4.79 Å². The smallest absolute Gasteiger partial charge is 0.221 e. The summed E-state index contributed by atoms with van der Waals surface area (Å²) < 4.78 is 0. The predicted molar refractivity (Wildman–Crippen MR) is 175 cm³/mol. The number of thioether (sulfide) groups is 1. The zero-order valence-electron chi connectivity index (χ0n) is 24.6. The lowest BCUT2D eigenvalue weighted by atomic mass is 10.1. The second kappa shape index (κ2) is 16.8. The SMILES string of the molecule is CC(=O)Nc1c(C)cccc1C.CC(=S)Nc1c(C)cccc1C.CCSC(C)=Nc1c(C)cccc1C. The summed E-state index contributed by atoms with van der Waals surface area (Å²) in [6.45, 7) is 20.0. The maximum absolute atomic E-state index is 10.8. The van der Waals surface area contributed by atoms with Crippen molar-refractivity contribution in [3.63, 3.8) is 0 Å². The topological polar surface area (TPSA) is 53.5 Å². The van der Waals surface area contributed by atoms with Gasteiger partial charge in [0.25, 0.3) is 0 Å². The maximum Gasteiger partial charge on any atom is 0.221 e. The minimum Gasteiger partial charge on any atom is -0.350 e. The second-order valence-electron chi connectivity index (χ2n) is 9.20. The van der Waals surface area contributed by atoms with Crippen LogP contribution >= 0.6 is 24.0 Å². The number of rotatable bonds is 4. The molecule has 4 nitrogen and oxygen atoms in total. The molecule has 38 heavy (non-hydrogen) atoms. The van der Waals surface area contributed by atoms with E-state index in [1.165, 1.54) is 29.2 Å². The molecule has 1 amide bonds. The first-order valence-electron chi connectivity index (χ1n) is 12.8. The van der Waals surface area contributed by atoms with Crippen LogP contribution in [0.15, 0.2) is 59.6 Å². The van der Waals surface area contributed by atoms with E-state index in [2.05, 4.69) is 93.6 Å². The number of carbonyl (C=O) groups excluding carboxylic acids is 1. The molecule has 0 atom stereocenters. The fourth-order valence-electron chi connectivity index (χ4n) is 3.76. The van der Waals surface area contributed by atoms with E-state index >= 15 is 0 Å². The van der Waals surface area contributed by atoms with Gasteiger partial charge in [-0.3, -0.25) is 4.79 Å². The molecule has 0 aliphatic carbocycles. The molecular formula is C32H43N3OS2. The number of anilines is 2.